The number of ether oxygens (including phenoxy) is 3. The van der Waals surface area contributed by atoms with Crippen LogP contribution in [0.25, 0.3) is 0 Å². The number of alkyl halides is 3. The van der Waals surface area contributed by atoms with Gasteiger partial charge in [0.1, 0.15) is 29.8 Å². The standard InChI is InChI=1S/C24H21F5O3/c1-16-7-9-20(12-22(16)26)31-15-18(24(27,28)29)14-30-13-17-8-10-21(25)23(11-17)32-19-5-3-2-4-6-19/h2-12,18H,13-15H2,1H3. The summed E-state index contributed by atoms with van der Waals surface area (Å²) in [4.78, 5) is 0. The highest BCUT2D eigenvalue weighted by Crippen LogP contribution is 2.29. The molecule has 32 heavy (non-hydrogen) atoms. The highest BCUT2D eigenvalue weighted by Gasteiger charge is 2.40. The van der Waals surface area contributed by atoms with Crippen molar-refractivity contribution in [3.63, 3.8) is 0 Å². The van der Waals surface area contributed by atoms with Crippen LogP contribution in [0.5, 0.6) is 17.2 Å². The molecule has 0 aliphatic carbocycles. The molecule has 0 fully saturated rings. The predicted molar refractivity (Wildman–Crippen MR) is 109 cm³/mol. The van der Waals surface area contributed by atoms with Gasteiger partial charge < -0.3 is 14.2 Å². The smallest absolute Gasteiger partial charge is 0.397 e. The van der Waals surface area contributed by atoms with Crippen molar-refractivity contribution in [3.05, 3.63) is 89.5 Å². The van der Waals surface area contributed by atoms with E-state index in [0.29, 0.717) is 16.9 Å². The lowest BCUT2D eigenvalue weighted by Gasteiger charge is -2.21. The van der Waals surface area contributed by atoms with Crippen molar-refractivity contribution in [2.24, 2.45) is 5.92 Å². The minimum absolute atomic E-state index is 0.00332. The molecule has 0 spiro atoms. The Bertz CT molecular complexity index is 1020. The molecule has 1 unspecified atom stereocenters. The molecule has 0 bridgehead atoms. The van der Waals surface area contributed by atoms with Gasteiger partial charge in [0.15, 0.2) is 11.6 Å². The maximum Gasteiger partial charge on any atom is 0.397 e. The fraction of sp³-hybridized carbons (Fsp3) is 0.250. The van der Waals surface area contributed by atoms with E-state index >= 15 is 0 Å². The molecule has 0 aliphatic rings. The molecule has 3 aromatic carbocycles. The van der Waals surface area contributed by atoms with Crippen LogP contribution in [0.2, 0.25) is 0 Å². The second-order valence-corrected chi connectivity index (χ2v) is 7.16. The molecule has 0 aliphatic heterocycles. The summed E-state index contributed by atoms with van der Waals surface area (Å²) in [5, 5.41) is 0. The Morgan fingerprint density at radius 3 is 2.25 bits per heavy atom. The van der Waals surface area contributed by atoms with E-state index in [1.54, 1.807) is 30.3 Å². The molecule has 3 nitrogen and oxygen atoms in total. The summed E-state index contributed by atoms with van der Waals surface area (Å²) in [5.74, 6) is -2.73. The molecular formula is C24H21F5O3. The Morgan fingerprint density at radius 1 is 0.812 bits per heavy atom. The first-order valence-electron chi connectivity index (χ1n) is 9.77. The highest BCUT2D eigenvalue weighted by atomic mass is 19.4. The third-order valence-corrected chi connectivity index (χ3v) is 4.61. The Labute approximate surface area is 182 Å². The molecule has 0 saturated heterocycles. The molecule has 0 aromatic heterocycles. The normalized spacial score (nSPS) is 12.4. The van der Waals surface area contributed by atoms with Gasteiger partial charge in [0.25, 0.3) is 0 Å². The lowest BCUT2D eigenvalue weighted by molar-refractivity contribution is -0.196. The maximum atomic E-state index is 14.0. The van der Waals surface area contributed by atoms with Crippen LogP contribution in [-0.4, -0.2) is 19.4 Å². The Kier molecular flexibility index (Phi) is 7.69. The fourth-order valence-corrected chi connectivity index (χ4v) is 2.75. The van der Waals surface area contributed by atoms with Gasteiger partial charge in [0.2, 0.25) is 0 Å². The molecule has 0 N–H and O–H groups in total. The lowest BCUT2D eigenvalue weighted by atomic mass is 10.1. The summed E-state index contributed by atoms with van der Waals surface area (Å²) >= 11 is 0. The van der Waals surface area contributed by atoms with Crippen LogP contribution in [0.15, 0.2) is 66.7 Å². The van der Waals surface area contributed by atoms with Crippen molar-refractivity contribution in [1.82, 2.24) is 0 Å². The SMILES string of the molecule is Cc1ccc(OCC(COCc2ccc(F)c(Oc3ccccc3)c2)C(F)(F)F)cc1F. The largest absolute Gasteiger partial charge is 0.493 e. The van der Waals surface area contributed by atoms with Crippen molar-refractivity contribution in [2.75, 3.05) is 13.2 Å². The maximum absolute atomic E-state index is 14.0. The first kappa shape index (κ1) is 23.5. The minimum Gasteiger partial charge on any atom is -0.493 e. The van der Waals surface area contributed by atoms with Crippen LogP contribution in [-0.2, 0) is 11.3 Å². The summed E-state index contributed by atoms with van der Waals surface area (Å²) in [6.07, 6.45) is -4.58. The van der Waals surface area contributed by atoms with Gasteiger partial charge in [0, 0.05) is 6.07 Å². The van der Waals surface area contributed by atoms with E-state index in [1.807, 2.05) is 0 Å². The van der Waals surface area contributed by atoms with Gasteiger partial charge in [-0.15, -0.1) is 0 Å². The first-order chi connectivity index (χ1) is 15.2. The average molecular weight is 452 g/mol. The Hall–Kier alpha value is -3.13. The first-order valence-corrected chi connectivity index (χ1v) is 9.77. The number of hydrogen-bond donors (Lipinski definition) is 0. The van der Waals surface area contributed by atoms with Crippen LogP contribution in [0.3, 0.4) is 0 Å². The van der Waals surface area contributed by atoms with Crippen LogP contribution in [0.4, 0.5) is 22.0 Å². The number of benzene rings is 3. The molecule has 3 aromatic rings. The molecule has 0 amide bonds. The van der Waals surface area contributed by atoms with Crippen molar-refractivity contribution in [1.29, 1.82) is 0 Å². The van der Waals surface area contributed by atoms with Gasteiger partial charge in [-0.05, 0) is 48.4 Å². The third-order valence-electron chi connectivity index (χ3n) is 4.61. The van der Waals surface area contributed by atoms with E-state index in [-0.39, 0.29) is 18.1 Å². The van der Waals surface area contributed by atoms with Crippen molar-refractivity contribution >= 4 is 0 Å². The molecule has 0 saturated carbocycles. The van der Waals surface area contributed by atoms with Crippen LogP contribution < -0.4 is 9.47 Å². The number of hydrogen-bond acceptors (Lipinski definition) is 3. The van der Waals surface area contributed by atoms with Crippen LogP contribution in [0, 0.1) is 24.5 Å². The van der Waals surface area contributed by atoms with E-state index in [4.69, 9.17) is 14.2 Å². The van der Waals surface area contributed by atoms with Gasteiger partial charge in [-0.3, -0.25) is 0 Å². The minimum atomic E-state index is -4.58. The second kappa shape index (κ2) is 10.5. The third kappa shape index (κ3) is 6.68. The van der Waals surface area contributed by atoms with Crippen LogP contribution >= 0.6 is 0 Å². The Morgan fingerprint density at radius 2 is 1.56 bits per heavy atom. The number of rotatable bonds is 9. The molecule has 8 heteroatoms. The van der Waals surface area contributed by atoms with Gasteiger partial charge in [-0.2, -0.15) is 13.2 Å². The molecule has 0 heterocycles. The summed E-state index contributed by atoms with van der Waals surface area (Å²) < 4.78 is 83.5. The van der Waals surface area contributed by atoms with Gasteiger partial charge in [-0.1, -0.05) is 30.3 Å². The van der Waals surface area contributed by atoms with E-state index in [0.717, 1.165) is 12.1 Å². The van der Waals surface area contributed by atoms with Crippen molar-refractivity contribution in [2.45, 2.75) is 19.7 Å². The quantitative estimate of drug-likeness (QED) is 0.333. The molecule has 1 atom stereocenters. The molecular weight excluding hydrogens is 431 g/mol. The Balaban J connectivity index is 1.58. The fourth-order valence-electron chi connectivity index (χ4n) is 2.75. The average Bonchev–Trinajstić information content (AvgIpc) is 2.75. The topological polar surface area (TPSA) is 27.7 Å². The summed E-state index contributed by atoms with van der Waals surface area (Å²) in [7, 11) is 0. The second-order valence-electron chi connectivity index (χ2n) is 7.16. The van der Waals surface area contributed by atoms with Crippen molar-refractivity contribution < 1.29 is 36.2 Å². The molecule has 0 radical (unpaired) electrons. The monoisotopic (exact) mass is 452 g/mol. The molecule has 170 valence electrons. The van der Waals surface area contributed by atoms with Gasteiger partial charge in [-0.25, -0.2) is 8.78 Å². The highest BCUT2D eigenvalue weighted by molar-refractivity contribution is 5.35. The van der Waals surface area contributed by atoms with E-state index < -0.39 is 36.9 Å². The van der Waals surface area contributed by atoms with Gasteiger partial charge in [0.05, 0.1) is 13.2 Å². The summed E-state index contributed by atoms with van der Waals surface area (Å²) in [6.45, 7) is -0.0454. The predicted octanol–water partition coefficient (Wildman–Crippen LogP) is 6.84. The van der Waals surface area contributed by atoms with Crippen molar-refractivity contribution in [3.8, 4) is 17.2 Å². The molecule has 3 rings (SSSR count). The van der Waals surface area contributed by atoms with E-state index in [2.05, 4.69) is 0 Å². The van der Waals surface area contributed by atoms with Crippen LogP contribution in [0.1, 0.15) is 11.1 Å². The van der Waals surface area contributed by atoms with E-state index in [9.17, 15) is 22.0 Å². The van der Waals surface area contributed by atoms with Gasteiger partial charge >= 0.3 is 6.18 Å². The number of para-hydroxylation sites is 1. The zero-order valence-electron chi connectivity index (χ0n) is 17.2. The summed E-state index contributed by atoms with van der Waals surface area (Å²) in [5.41, 5.74) is 0.808. The zero-order valence-corrected chi connectivity index (χ0v) is 17.2. The number of aryl methyl sites for hydroxylation is 1. The zero-order chi connectivity index (χ0) is 23.1. The lowest BCUT2D eigenvalue weighted by Crippen LogP contribution is -2.32. The van der Waals surface area contributed by atoms with E-state index in [1.165, 1.54) is 31.2 Å². The summed E-state index contributed by atoms with van der Waals surface area (Å²) in [6, 6.07) is 16.3. The number of halogens is 5.